The molecule has 0 amide bonds. The molecule has 0 aliphatic rings. The maximum Gasteiger partial charge on any atom is 0.203 e. The number of halogens is 1. The quantitative estimate of drug-likeness (QED) is 0.248. The number of nitrogens with zero attached hydrogens (tertiary/aromatic N) is 2. The van der Waals surface area contributed by atoms with Gasteiger partial charge in [-0.25, -0.2) is 4.98 Å². The van der Waals surface area contributed by atoms with Gasteiger partial charge in [0, 0.05) is 21.0 Å². The second-order valence-electron chi connectivity index (χ2n) is 6.23. The van der Waals surface area contributed by atoms with Crippen LogP contribution in [-0.2, 0) is 6.61 Å². The van der Waals surface area contributed by atoms with Crippen molar-refractivity contribution in [2.45, 2.75) is 6.61 Å². The lowest BCUT2D eigenvalue weighted by molar-refractivity contribution is 0.306. The molecule has 144 valence electrons. The summed E-state index contributed by atoms with van der Waals surface area (Å²) in [7, 11) is 0. The van der Waals surface area contributed by atoms with Crippen LogP contribution in [-0.4, -0.2) is 11.2 Å². The predicted octanol–water partition coefficient (Wildman–Crippen LogP) is 6.60. The standard InChI is InChI=1S/C23H18BrN3OS/c24-20-12-10-17(11-13-20)15-28-22-9-5-4-8-19(22)14-25-27-23-26-21(16-29-23)18-6-2-1-3-7-18/h1-14,16H,15H2,(H,26,27). The molecular formula is C23H18BrN3OS. The first-order valence-corrected chi connectivity index (χ1v) is 10.7. The molecule has 3 aromatic carbocycles. The van der Waals surface area contributed by atoms with Crippen LogP contribution in [0.5, 0.6) is 5.75 Å². The molecule has 0 aliphatic heterocycles. The topological polar surface area (TPSA) is 46.5 Å². The van der Waals surface area contributed by atoms with E-state index in [1.54, 1.807) is 6.21 Å². The lowest BCUT2D eigenvalue weighted by Gasteiger charge is -2.09. The SMILES string of the molecule is Brc1ccc(COc2ccccc2C=NNc2nc(-c3ccccc3)cs2)cc1. The second-order valence-corrected chi connectivity index (χ2v) is 8.00. The summed E-state index contributed by atoms with van der Waals surface area (Å²) >= 11 is 4.97. The Hall–Kier alpha value is -2.96. The van der Waals surface area contributed by atoms with Crippen molar-refractivity contribution in [3.63, 3.8) is 0 Å². The molecule has 0 atom stereocenters. The Kier molecular flexibility index (Phi) is 6.34. The Morgan fingerprint density at radius 1 is 0.966 bits per heavy atom. The van der Waals surface area contributed by atoms with Gasteiger partial charge in [-0.15, -0.1) is 11.3 Å². The van der Waals surface area contributed by atoms with E-state index in [0.29, 0.717) is 6.61 Å². The number of ether oxygens (including phenoxy) is 1. The number of thiazole rings is 1. The molecule has 0 saturated heterocycles. The van der Waals surface area contributed by atoms with E-state index in [1.165, 1.54) is 11.3 Å². The molecule has 4 nitrogen and oxygen atoms in total. The lowest BCUT2D eigenvalue weighted by Crippen LogP contribution is -1.99. The maximum absolute atomic E-state index is 5.98. The van der Waals surface area contributed by atoms with Gasteiger partial charge in [0.15, 0.2) is 0 Å². The number of aromatic nitrogens is 1. The number of anilines is 1. The Morgan fingerprint density at radius 3 is 2.55 bits per heavy atom. The first-order valence-electron chi connectivity index (χ1n) is 9.04. The van der Waals surface area contributed by atoms with Gasteiger partial charge in [0.1, 0.15) is 12.4 Å². The fraction of sp³-hybridized carbons (Fsp3) is 0.0435. The van der Waals surface area contributed by atoms with E-state index < -0.39 is 0 Å². The monoisotopic (exact) mass is 463 g/mol. The van der Waals surface area contributed by atoms with Crippen molar-refractivity contribution < 1.29 is 4.74 Å². The van der Waals surface area contributed by atoms with Gasteiger partial charge in [0.25, 0.3) is 0 Å². The maximum atomic E-state index is 5.98. The fourth-order valence-electron chi connectivity index (χ4n) is 2.68. The van der Waals surface area contributed by atoms with Gasteiger partial charge >= 0.3 is 0 Å². The van der Waals surface area contributed by atoms with Gasteiger partial charge in [0.2, 0.25) is 5.13 Å². The average Bonchev–Trinajstić information content (AvgIpc) is 3.24. The van der Waals surface area contributed by atoms with Crippen molar-refractivity contribution in [1.29, 1.82) is 0 Å². The predicted molar refractivity (Wildman–Crippen MR) is 124 cm³/mol. The van der Waals surface area contributed by atoms with Crippen molar-refractivity contribution in [1.82, 2.24) is 4.98 Å². The Morgan fingerprint density at radius 2 is 1.72 bits per heavy atom. The number of hydrazone groups is 1. The van der Waals surface area contributed by atoms with E-state index in [9.17, 15) is 0 Å². The zero-order valence-electron chi connectivity index (χ0n) is 15.5. The van der Waals surface area contributed by atoms with E-state index in [4.69, 9.17) is 4.74 Å². The molecule has 29 heavy (non-hydrogen) atoms. The Bertz CT molecular complexity index is 1090. The molecule has 4 rings (SSSR count). The van der Waals surface area contributed by atoms with E-state index in [-0.39, 0.29) is 0 Å². The molecule has 6 heteroatoms. The van der Waals surface area contributed by atoms with E-state index in [1.807, 2.05) is 84.2 Å². The minimum atomic E-state index is 0.498. The highest BCUT2D eigenvalue weighted by Crippen LogP contribution is 2.24. The molecule has 0 fully saturated rings. The molecule has 0 radical (unpaired) electrons. The minimum absolute atomic E-state index is 0.498. The molecule has 0 bridgehead atoms. The molecule has 0 aliphatic carbocycles. The normalized spacial score (nSPS) is 10.9. The summed E-state index contributed by atoms with van der Waals surface area (Å²) in [5.41, 5.74) is 7.04. The van der Waals surface area contributed by atoms with E-state index >= 15 is 0 Å². The highest BCUT2D eigenvalue weighted by Gasteiger charge is 2.04. The molecule has 1 heterocycles. The summed E-state index contributed by atoms with van der Waals surface area (Å²) in [6, 6.07) is 26.0. The summed E-state index contributed by atoms with van der Waals surface area (Å²) in [6.45, 7) is 0.498. The minimum Gasteiger partial charge on any atom is -0.488 e. The van der Waals surface area contributed by atoms with Crippen LogP contribution in [0.25, 0.3) is 11.3 Å². The zero-order chi connectivity index (χ0) is 19.9. The fourth-order valence-corrected chi connectivity index (χ4v) is 3.62. The van der Waals surface area contributed by atoms with Crippen molar-refractivity contribution in [3.8, 4) is 17.0 Å². The first kappa shape index (κ1) is 19.4. The van der Waals surface area contributed by atoms with Crippen molar-refractivity contribution in [2.75, 3.05) is 5.43 Å². The van der Waals surface area contributed by atoms with Crippen LogP contribution in [0, 0.1) is 0 Å². The van der Waals surface area contributed by atoms with Crippen LogP contribution >= 0.6 is 27.3 Å². The third kappa shape index (κ3) is 5.31. The summed E-state index contributed by atoms with van der Waals surface area (Å²) in [6.07, 6.45) is 1.75. The Labute approximate surface area is 182 Å². The molecular weight excluding hydrogens is 446 g/mol. The molecule has 4 aromatic rings. The Balaban J connectivity index is 1.40. The molecule has 1 aromatic heterocycles. The van der Waals surface area contributed by atoms with Gasteiger partial charge < -0.3 is 4.74 Å². The lowest BCUT2D eigenvalue weighted by atomic mass is 10.2. The van der Waals surface area contributed by atoms with Crippen LogP contribution in [0.3, 0.4) is 0 Å². The average molecular weight is 464 g/mol. The molecule has 1 N–H and O–H groups in total. The number of rotatable bonds is 7. The van der Waals surface area contributed by atoms with Gasteiger partial charge in [-0.3, -0.25) is 5.43 Å². The number of nitrogens with one attached hydrogen (secondary N) is 1. The van der Waals surface area contributed by atoms with Crippen LogP contribution in [0.2, 0.25) is 0 Å². The van der Waals surface area contributed by atoms with Gasteiger partial charge in [-0.1, -0.05) is 70.5 Å². The number of hydrogen-bond donors (Lipinski definition) is 1. The van der Waals surface area contributed by atoms with E-state index in [0.717, 1.165) is 37.7 Å². The molecule has 0 spiro atoms. The smallest absolute Gasteiger partial charge is 0.203 e. The number of para-hydroxylation sites is 1. The third-order valence-corrected chi connectivity index (χ3v) is 5.44. The van der Waals surface area contributed by atoms with Crippen LogP contribution < -0.4 is 10.2 Å². The van der Waals surface area contributed by atoms with Crippen molar-refractivity contribution in [3.05, 3.63) is 99.8 Å². The molecule has 0 saturated carbocycles. The molecule has 0 unspecified atom stereocenters. The second kappa shape index (κ2) is 9.49. The van der Waals surface area contributed by atoms with Crippen LogP contribution in [0.4, 0.5) is 5.13 Å². The van der Waals surface area contributed by atoms with Gasteiger partial charge in [-0.2, -0.15) is 5.10 Å². The van der Waals surface area contributed by atoms with Gasteiger partial charge in [0.05, 0.1) is 11.9 Å². The summed E-state index contributed by atoms with van der Waals surface area (Å²) < 4.78 is 7.03. The summed E-state index contributed by atoms with van der Waals surface area (Å²) in [5, 5.41) is 7.09. The van der Waals surface area contributed by atoms with Crippen LogP contribution in [0.15, 0.2) is 93.8 Å². The summed E-state index contributed by atoms with van der Waals surface area (Å²) in [4.78, 5) is 4.58. The highest BCUT2D eigenvalue weighted by atomic mass is 79.9. The number of benzene rings is 3. The summed E-state index contributed by atoms with van der Waals surface area (Å²) in [5.74, 6) is 0.782. The zero-order valence-corrected chi connectivity index (χ0v) is 17.9. The first-order chi connectivity index (χ1) is 14.3. The van der Waals surface area contributed by atoms with Gasteiger partial charge in [-0.05, 0) is 29.8 Å². The van der Waals surface area contributed by atoms with Crippen molar-refractivity contribution in [2.24, 2.45) is 5.10 Å². The number of hydrogen-bond acceptors (Lipinski definition) is 5. The van der Waals surface area contributed by atoms with Crippen molar-refractivity contribution >= 4 is 38.6 Å². The van der Waals surface area contributed by atoms with Crippen LogP contribution in [0.1, 0.15) is 11.1 Å². The third-order valence-electron chi connectivity index (χ3n) is 4.16. The van der Waals surface area contributed by atoms with E-state index in [2.05, 4.69) is 31.4 Å². The highest BCUT2D eigenvalue weighted by molar-refractivity contribution is 9.10. The largest absolute Gasteiger partial charge is 0.488 e.